The van der Waals surface area contributed by atoms with Gasteiger partial charge in [-0.2, -0.15) is 22.7 Å². The SMILES string of the molecule is CC(C)(C)OC(=O)N1CCC2(CCc3c2c(=O)n2nc(Br)nc2n3CC(=O)Nc2ccc(C(F)(F)F)cc2Cl)C2CCC21. The molecule has 43 heavy (non-hydrogen) atoms. The summed E-state index contributed by atoms with van der Waals surface area (Å²) >= 11 is 9.30. The number of aromatic nitrogens is 4. The molecule has 3 aromatic rings. The minimum atomic E-state index is -4.58. The fourth-order valence-corrected chi connectivity index (χ4v) is 7.48. The predicted molar refractivity (Wildman–Crippen MR) is 154 cm³/mol. The molecule has 3 heterocycles. The molecule has 1 spiro atoms. The number of hydrogen-bond acceptors (Lipinski definition) is 6. The summed E-state index contributed by atoms with van der Waals surface area (Å²) in [6, 6.07) is 2.64. The number of nitrogens with one attached hydrogen (secondary N) is 1. The molecule has 2 aliphatic carbocycles. The zero-order valence-electron chi connectivity index (χ0n) is 23.6. The van der Waals surface area contributed by atoms with Gasteiger partial charge in [0.1, 0.15) is 12.1 Å². The van der Waals surface area contributed by atoms with E-state index in [2.05, 4.69) is 31.3 Å². The largest absolute Gasteiger partial charge is 0.444 e. The number of fused-ring (bicyclic) bond motifs is 5. The van der Waals surface area contributed by atoms with Crippen LogP contribution in [0, 0.1) is 5.92 Å². The summed E-state index contributed by atoms with van der Waals surface area (Å²) in [5.74, 6) is -0.353. The Morgan fingerprint density at radius 1 is 1.21 bits per heavy atom. The third-order valence-electron chi connectivity index (χ3n) is 8.78. The van der Waals surface area contributed by atoms with Crippen molar-refractivity contribution in [3.63, 3.8) is 0 Å². The van der Waals surface area contributed by atoms with Crippen molar-refractivity contribution in [3.8, 4) is 0 Å². The van der Waals surface area contributed by atoms with Crippen LogP contribution in [0.25, 0.3) is 5.78 Å². The summed E-state index contributed by atoms with van der Waals surface area (Å²) < 4.78 is 47.9. The molecule has 1 saturated carbocycles. The molecule has 3 unspecified atom stereocenters. The second-order valence-electron chi connectivity index (χ2n) is 12.4. The van der Waals surface area contributed by atoms with E-state index in [-0.39, 0.29) is 51.4 Å². The molecule has 15 heteroatoms. The predicted octanol–water partition coefficient (Wildman–Crippen LogP) is 5.57. The number of ether oxygens (including phenoxy) is 1. The number of likely N-dealkylation sites (tertiary alicyclic amines) is 1. The van der Waals surface area contributed by atoms with E-state index in [4.69, 9.17) is 16.3 Å². The van der Waals surface area contributed by atoms with Gasteiger partial charge in [-0.05, 0) is 92.9 Å². The van der Waals surface area contributed by atoms with Crippen LogP contribution in [0.5, 0.6) is 0 Å². The number of halogens is 5. The fraction of sp³-hybridized carbons (Fsp3) is 0.536. The van der Waals surface area contributed by atoms with Gasteiger partial charge in [-0.3, -0.25) is 9.59 Å². The summed E-state index contributed by atoms with van der Waals surface area (Å²) in [7, 11) is 0. The minimum absolute atomic E-state index is 0.0271. The van der Waals surface area contributed by atoms with Crippen molar-refractivity contribution in [2.45, 2.75) is 82.7 Å². The van der Waals surface area contributed by atoms with Crippen molar-refractivity contribution in [1.82, 2.24) is 24.1 Å². The summed E-state index contributed by atoms with van der Waals surface area (Å²) in [6.45, 7) is 5.64. The van der Waals surface area contributed by atoms with Crippen molar-refractivity contribution < 1.29 is 27.5 Å². The number of carbonyl (C=O) groups is 2. The van der Waals surface area contributed by atoms with E-state index >= 15 is 0 Å². The lowest BCUT2D eigenvalue weighted by Crippen LogP contribution is -2.63. The third-order valence-corrected chi connectivity index (χ3v) is 9.43. The van der Waals surface area contributed by atoms with Gasteiger partial charge >= 0.3 is 12.3 Å². The molecular formula is C28H29BrClF3N6O4. The Bertz CT molecular complexity index is 1720. The van der Waals surface area contributed by atoms with Gasteiger partial charge in [-0.15, -0.1) is 5.10 Å². The van der Waals surface area contributed by atoms with Crippen LogP contribution in [0.4, 0.5) is 23.7 Å². The fourth-order valence-electron chi connectivity index (χ4n) is 6.93. The van der Waals surface area contributed by atoms with Crippen molar-refractivity contribution >= 4 is 51.0 Å². The lowest BCUT2D eigenvalue weighted by atomic mass is 9.56. The van der Waals surface area contributed by atoms with Crippen molar-refractivity contribution in [2.24, 2.45) is 5.92 Å². The molecule has 3 aliphatic rings. The van der Waals surface area contributed by atoms with E-state index in [1.807, 2.05) is 20.8 Å². The van der Waals surface area contributed by atoms with Gasteiger partial charge < -0.3 is 19.5 Å². The second kappa shape index (κ2) is 10.2. The number of alkyl halides is 3. The maximum atomic E-state index is 14.0. The molecule has 230 valence electrons. The van der Waals surface area contributed by atoms with Crippen molar-refractivity contribution in [3.05, 3.63) is 55.1 Å². The van der Waals surface area contributed by atoms with Gasteiger partial charge in [0.2, 0.25) is 16.4 Å². The van der Waals surface area contributed by atoms with Gasteiger partial charge in [-0.1, -0.05) is 11.6 Å². The molecule has 3 atom stereocenters. The van der Waals surface area contributed by atoms with Crippen LogP contribution in [-0.4, -0.2) is 54.3 Å². The van der Waals surface area contributed by atoms with E-state index < -0.39 is 28.7 Å². The van der Waals surface area contributed by atoms with Gasteiger partial charge in [-0.25, -0.2) is 4.79 Å². The normalized spacial score (nSPS) is 23.2. The van der Waals surface area contributed by atoms with Gasteiger partial charge in [0, 0.05) is 29.3 Å². The lowest BCUT2D eigenvalue weighted by Gasteiger charge is -2.57. The number of carbonyl (C=O) groups excluding carboxylic acids is 2. The van der Waals surface area contributed by atoms with Crippen LogP contribution in [0.2, 0.25) is 5.02 Å². The molecular weight excluding hydrogens is 657 g/mol. The molecule has 1 aliphatic heterocycles. The van der Waals surface area contributed by atoms with Crippen LogP contribution in [0.15, 0.2) is 27.7 Å². The Hall–Kier alpha value is -3.13. The van der Waals surface area contributed by atoms with Crippen LogP contribution in [0.1, 0.15) is 63.3 Å². The molecule has 10 nitrogen and oxygen atoms in total. The summed E-state index contributed by atoms with van der Waals surface area (Å²) in [6.07, 6.45) is -1.55. The summed E-state index contributed by atoms with van der Waals surface area (Å²) in [5.41, 5.74) is -1.09. The molecule has 1 N–H and O–H groups in total. The molecule has 2 fully saturated rings. The van der Waals surface area contributed by atoms with Crippen LogP contribution < -0.4 is 10.9 Å². The van der Waals surface area contributed by atoms with Crippen molar-refractivity contribution in [1.29, 1.82) is 0 Å². The van der Waals surface area contributed by atoms with E-state index in [1.54, 1.807) is 9.47 Å². The Morgan fingerprint density at radius 3 is 2.58 bits per heavy atom. The number of amides is 2. The second-order valence-corrected chi connectivity index (χ2v) is 13.5. The topological polar surface area (TPSA) is 111 Å². The standard InChI is InChI=1S/C28H29BrClF3N6O4/c1-26(2,3)43-25(42)37-11-10-27(15-5-7-18(15)37)9-8-19-21(27)22(41)39-24(35-23(29)36-39)38(19)13-20(40)34-17-6-4-14(12-16(17)30)28(31,32)33/h4,6,12,15,18H,5,7-11,13H2,1-3H3,(H,34,40). The van der Waals surface area contributed by atoms with Gasteiger partial charge in [0.15, 0.2) is 0 Å². The minimum Gasteiger partial charge on any atom is -0.444 e. The summed E-state index contributed by atoms with van der Waals surface area (Å²) in [4.78, 5) is 46.4. The Morgan fingerprint density at radius 2 is 1.95 bits per heavy atom. The Labute approximate surface area is 257 Å². The number of nitrogens with zero attached hydrogens (tertiary/aromatic N) is 5. The highest BCUT2D eigenvalue weighted by Gasteiger charge is 2.59. The average Bonchev–Trinajstić information content (AvgIpc) is 3.44. The van der Waals surface area contributed by atoms with Crippen LogP contribution in [0.3, 0.4) is 0 Å². The number of piperidine rings is 1. The van der Waals surface area contributed by atoms with Crippen LogP contribution in [-0.2, 0) is 34.1 Å². The molecule has 1 aromatic carbocycles. The summed E-state index contributed by atoms with van der Waals surface area (Å²) in [5, 5.41) is 6.59. The number of hydrogen-bond donors (Lipinski definition) is 1. The van der Waals surface area contributed by atoms with E-state index in [9.17, 15) is 27.6 Å². The van der Waals surface area contributed by atoms with Crippen molar-refractivity contribution in [2.75, 3.05) is 11.9 Å². The molecule has 2 aromatic heterocycles. The zero-order valence-corrected chi connectivity index (χ0v) is 25.9. The smallest absolute Gasteiger partial charge is 0.416 e. The Kier molecular flexibility index (Phi) is 7.11. The maximum absolute atomic E-state index is 14.0. The van der Waals surface area contributed by atoms with E-state index in [0.29, 0.717) is 37.1 Å². The number of rotatable bonds is 3. The monoisotopic (exact) mass is 684 g/mol. The molecule has 2 amide bonds. The molecule has 0 bridgehead atoms. The van der Waals surface area contributed by atoms with E-state index in [1.165, 1.54) is 4.52 Å². The highest BCUT2D eigenvalue weighted by molar-refractivity contribution is 9.10. The number of anilines is 1. The molecule has 1 saturated heterocycles. The van der Waals surface area contributed by atoms with Crippen LogP contribution >= 0.6 is 27.5 Å². The quantitative estimate of drug-likeness (QED) is 0.386. The lowest BCUT2D eigenvalue weighted by molar-refractivity contribution is -0.137. The molecule has 6 rings (SSSR count). The molecule has 0 radical (unpaired) electrons. The first-order valence-corrected chi connectivity index (χ1v) is 15.1. The zero-order chi connectivity index (χ0) is 31.1. The maximum Gasteiger partial charge on any atom is 0.416 e. The van der Waals surface area contributed by atoms with Gasteiger partial charge in [0.25, 0.3) is 5.56 Å². The highest BCUT2D eigenvalue weighted by atomic mass is 79.9. The first-order chi connectivity index (χ1) is 20.1. The first kappa shape index (κ1) is 29.9. The third kappa shape index (κ3) is 5.09. The Balaban J connectivity index is 1.34. The van der Waals surface area contributed by atoms with Gasteiger partial charge in [0.05, 0.1) is 16.3 Å². The average molecular weight is 686 g/mol. The number of benzene rings is 1. The highest BCUT2D eigenvalue weighted by Crippen LogP contribution is 2.56. The van der Waals surface area contributed by atoms with E-state index in [0.717, 1.165) is 31.0 Å². The first-order valence-electron chi connectivity index (χ1n) is 13.9.